The monoisotopic (exact) mass is 171 g/mol. The topological polar surface area (TPSA) is 55.7 Å². The summed E-state index contributed by atoms with van der Waals surface area (Å²) in [6, 6.07) is 0. The number of rotatable bonds is 4. The molecule has 0 aliphatic rings. The number of aliphatic imine (C=N–C) groups is 1. The number of carbonyl (C=O) groups is 1. The molecular formula is C8H13NO3. The molecule has 4 nitrogen and oxygen atoms in total. The van der Waals surface area contributed by atoms with Crippen LogP contribution >= 0.6 is 0 Å². The number of esters is 1. The summed E-state index contributed by atoms with van der Waals surface area (Å²) < 4.78 is 4.80. The molecule has 0 unspecified atom stereocenters. The zero-order valence-electron chi connectivity index (χ0n) is 7.59. The van der Waals surface area contributed by atoms with E-state index in [9.17, 15) is 9.59 Å². The Hall–Kier alpha value is -1.15. The van der Waals surface area contributed by atoms with Gasteiger partial charge in [0.2, 0.25) is 6.08 Å². The van der Waals surface area contributed by atoms with Crippen molar-refractivity contribution in [1.29, 1.82) is 0 Å². The van der Waals surface area contributed by atoms with Crippen molar-refractivity contribution in [3.8, 4) is 0 Å². The van der Waals surface area contributed by atoms with Gasteiger partial charge in [0.15, 0.2) is 5.54 Å². The standard InChI is InChI=1S/C8H13NO3/c1-4-5-12-7(11)8(2,3)9-6-10/h4-5H2,1-3H3. The zero-order chi connectivity index (χ0) is 9.61. The van der Waals surface area contributed by atoms with Crippen LogP contribution in [0.25, 0.3) is 0 Å². The van der Waals surface area contributed by atoms with Crippen LogP contribution in [0.15, 0.2) is 4.99 Å². The molecule has 0 bridgehead atoms. The predicted octanol–water partition coefficient (Wildman–Crippen LogP) is 1.05. The van der Waals surface area contributed by atoms with Crippen molar-refractivity contribution in [1.82, 2.24) is 0 Å². The molecular weight excluding hydrogens is 158 g/mol. The van der Waals surface area contributed by atoms with Crippen molar-refractivity contribution >= 4 is 12.0 Å². The molecule has 0 heterocycles. The molecule has 4 heteroatoms. The Morgan fingerprint density at radius 2 is 2.17 bits per heavy atom. The first kappa shape index (κ1) is 10.8. The number of hydrogen-bond acceptors (Lipinski definition) is 4. The first-order chi connectivity index (χ1) is 5.54. The van der Waals surface area contributed by atoms with E-state index >= 15 is 0 Å². The van der Waals surface area contributed by atoms with Gasteiger partial charge in [-0.15, -0.1) is 0 Å². The van der Waals surface area contributed by atoms with Crippen LogP contribution in [0.1, 0.15) is 27.2 Å². The van der Waals surface area contributed by atoms with E-state index in [4.69, 9.17) is 4.74 Å². The molecule has 0 spiro atoms. The Kier molecular flexibility index (Phi) is 4.22. The summed E-state index contributed by atoms with van der Waals surface area (Å²) in [6.45, 7) is 5.27. The third-order valence-corrected chi connectivity index (χ3v) is 1.26. The SMILES string of the molecule is CCCOC(=O)C(C)(C)N=C=O. The van der Waals surface area contributed by atoms with Gasteiger partial charge in [0, 0.05) is 0 Å². The van der Waals surface area contributed by atoms with Gasteiger partial charge in [0.25, 0.3) is 0 Å². The summed E-state index contributed by atoms with van der Waals surface area (Å²) >= 11 is 0. The van der Waals surface area contributed by atoms with E-state index in [1.54, 1.807) is 0 Å². The maximum atomic E-state index is 11.1. The molecule has 68 valence electrons. The minimum atomic E-state index is -1.10. The lowest BCUT2D eigenvalue weighted by Gasteiger charge is -2.14. The number of nitrogens with zero attached hydrogens (tertiary/aromatic N) is 1. The van der Waals surface area contributed by atoms with Crippen LogP contribution in [0.2, 0.25) is 0 Å². The van der Waals surface area contributed by atoms with Crippen molar-refractivity contribution in [2.75, 3.05) is 6.61 Å². The second kappa shape index (κ2) is 4.67. The maximum absolute atomic E-state index is 11.1. The molecule has 0 saturated heterocycles. The first-order valence-corrected chi connectivity index (χ1v) is 3.81. The zero-order valence-corrected chi connectivity index (χ0v) is 7.59. The maximum Gasteiger partial charge on any atom is 0.334 e. The lowest BCUT2D eigenvalue weighted by Crippen LogP contribution is -2.31. The van der Waals surface area contributed by atoms with Crippen LogP contribution in [0.3, 0.4) is 0 Å². The third-order valence-electron chi connectivity index (χ3n) is 1.26. The fourth-order valence-corrected chi connectivity index (χ4v) is 0.531. The second-order valence-electron chi connectivity index (χ2n) is 2.90. The van der Waals surface area contributed by atoms with E-state index in [0.717, 1.165) is 6.42 Å². The smallest absolute Gasteiger partial charge is 0.334 e. The molecule has 0 aliphatic heterocycles. The quantitative estimate of drug-likeness (QED) is 0.361. The van der Waals surface area contributed by atoms with Crippen molar-refractivity contribution < 1.29 is 14.3 Å². The number of carbonyl (C=O) groups excluding carboxylic acids is 2. The number of isocyanates is 1. The second-order valence-corrected chi connectivity index (χ2v) is 2.90. The van der Waals surface area contributed by atoms with Gasteiger partial charge in [-0.2, -0.15) is 4.99 Å². The highest BCUT2D eigenvalue weighted by molar-refractivity contribution is 5.80. The van der Waals surface area contributed by atoms with Gasteiger partial charge < -0.3 is 4.74 Å². The van der Waals surface area contributed by atoms with Crippen molar-refractivity contribution in [2.24, 2.45) is 4.99 Å². The molecule has 0 fully saturated rings. The van der Waals surface area contributed by atoms with E-state index in [0.29, 0.717) is 6.61 Å². The largest absolute Gasteiger partial charge is 0.464 e. The highest BCUT2D eigenvalue weighted by atomic mass is 16.5. The van der Waals surface area contributed by atoms with Crippen LogP contribution in [-0.2, 0) is 14.3 Å². The molecule has 0 saturated carbocycles. The van der Waals surface area contributed by atoms with Gasteiger partial charge in [0.1, 0.15) is 0 Å². The fraction of sp³-hybridized carbons (Fsp3) is 0.750. The molecule has 0 N–H and O–H groups in total. The number of hydrogen-bond donors (Lipinski definition) is 0. The van der Waals surface area contributed by atoms with Crippen molar-refractivity contribution in [3.05, 3.63) is 0 Å². The van der Waals surface area contributed by atoms with Crippen LogP contribution in [0.4, 0.5) is 0 Å². The van der Waals surface area contributed by atoms with Crippen molar-refractivity contribution in [2.45, 2.75) is 32.7 Å². The first-order valence-electron chi connectivity index (χ1n) is 3.81. The predicted molar refractivity (Wildman–Crippen MR) is 43.5 cm³/mol. The summed E-state index contributed by atoms with van der Waals surface area (Å²) in [5.74, 6) is -0.493. The summed E-state index contributed by atoms with van der Waals surface area (Å²) in [4.78, 5) is 24.3. The van der Waals surface area contributed by atoms with Crippen LogP contribution in [-0.4, -0.2) is 24.2 Å². The molecule has 0 rings (SSSR count). The van der Waals surface area contributed by atoms with Gasteiger partial charge in [-0.25, -0.2) is 9.59 Å². The fourth-order valence-electron chi connectivity index (χ4n) is 0.531. The Morgan fingerprint density at radius 1 is 1.58 bits per heavy atom. The molecule has 0 aliphatic carbocycles. The average Bonchev–Trinajstić information content (AvgIpc) is 2.00. The molecule has 0 aromatic heterocycles. The Balaban J connectivity index is 4.15. The molecule has 0 amide bonds. The minimum absolute atomic E-state index is 0.358. The van der Waals surface area contributed by atoms with E-state index < -0.39 is 11.5 Å². The molecule has 0 radical (unpaired) electrons. The highest BCUT2D eigenvalue weighted by Gasteiger charge is 2.28. The van der Waals surface area contributed by atoms with Gasteiger partial charge in [-0.3, -0.25) is 0 Å². The van der Waals surface area contributed by atoms with E-state index in [1.165, 1.54) is 19.9 Å². The van der Waals surface area contributed by atoms with Gasteiger partial charge in [-0.05, 0) is 20.3 Å². The van der Waals surface area contributed by atoms with Gasteiger partial charge >= 0.3 is 5.97 Å². The van der Waals surface area contributed by atoms with E-state index in [-0.39, 0.29) is 0 Å². The normalized spacial score (nSPS) is 10.2. The minimum Gasteiger partial charge on any atom is -0.464 e. The number of ether oxygens (including phenoxy) is 1. The highest BCUT2D eigenvalue weighted by Crippen LogP contribution is 2.10. The average molecular weight is 171 g/mol. The lowest BCUT2D eigenvalue weighted by molar-refractivity contribution is -0.148. The Labute approximate surface area is 71.6 Å². The van der Waals surface area contributed by atoms with E-state index in [2.05, 4.69) is 4.99 Å². The summed E-state index contributed by atoms with van der Waals surface area (Å²) in [6.07, 6.45) is 2.10. The molecule has 0 aromatic carbocycles. The van der Waals surface area contributed by atoms with Gasteiger partial charge in [0.05, 0.1) is 6.61 Å². The van der Waals surface area contributed by atoms with Crippen molar-refractivity contribution in [3.63, 3.8) is 0 Å². The molecule has 0 atom stereocenters. The third kappa shape index (κ3) is 3.30. The molecule has 0 aromatic rings. The Bertz CT molecular complexity index is 204. The summed E-state index contributed by atoms with van der Waals surface area (Å²) in [5.41, 5.74) is -1.10. The lowest BCUT2D eigenvalue weighted by atomic mass is 10.1. The Morgan fingerprint density at radius 3 is 2.58 bits per heavy atom. The summed E-state index contributed by atoms with van der Waals surface area (Å²) in [7, 11) is 0. The van der Waals surface area contributed by atoms with Crippen LogP contribution < -0.4 is 0 Å². The van der Waals surface area contributed by atoms with Gasteiger partial charge in [-0.1, -0.05) is 6.92 Å². The van der Waals surface area contributed by atoms with E-state index in [1.807, 2.05) is 6.92 Å². The molecule has 12 heavy (non-hydrogen) atoms. The van der Waals surface area contributed by atoms with Crippen LogP contribution in [0, 0.1) is 0 Å². The van der Waals surface area contributed by atoms with Crippen LogP contribution in [0.5, 0.6) is 0 Å². The summed E-state index contributed by atoms with van der Waals surface area (Å²) in [5, 5.41) is 0.